The lowest BCUT2D eigenvalue weighted by Crippen LogP contribution is -2.40. The summed E-state index contributed by atoms with van der Waals surface area (Å²) in [4.78, 5) is 12.9. The van der Waals surface area contributed by atoms with Crippen LogP contribution in [0.2, 0.25) is 0 Å². The Kier molecular flexibility index (Phi) is 8.48. The van der Waals surface area contributed by atoms with E-state index in [9.17, 15) is 13.2 Å². The molecule has 0 unspecified atom stereocenters. The van der Waals surface area contributed by atoms with E-state index in [1.54, 1.807) is 61.7 Å². The number of amides is 1. The minimum absolute atomic E-state index is 0.107. The fraction of sp³-hybridized carbons (Fsp3) is 0.231. The van der Waals surface area contributed by atoms with Gasteiger partial charge in [-0.05, 0) is 60.9 Å². The molecule has 0 aliphatic carbocycles. The van der Waals surface area contributed by atoms with Gasteiger partial charge < -0.3 is 9.47 Å². The smallest absolute Gasteiger partial charge is 0.264 e. The summed E-state index contributed by atoms with van der Waals surface area (Å²) >= 11 is 0. The van der Waals surface area contributed by atoms with Crippen molar-refractivity contribution >= 4 is 27.8 Å². The zero-order valence-corrected chi connectivity index (χ0v) is 21.0. The zero-order chi connectivity index (χ0) is 25.4. The van der Waals surface area contributed by atoms with Crippen molar-refractivity contribution < 1.29 is 22.7 Å². The van der Waals surface area contributed by atoms with Crippen molar-refractivity contribution in [2.45, 2.75) is 25.2 Å². The predicted octanol–water partition coefficient (Wildman–Crippen LogP) is 3.92. The summed E-state index contributed by atoms with van der Waals surface area (Å²) in [5, 5.41) is 3.99. The maximum Gasteiger partial charge on any atom is 0.264 e. The maximum atomic E-state index is 13.6. The molecule has 0 radical (unpaired) electrons. The van der Waals surface area contributed by atoms with Crippen LogP contribution in [-0.2, 0) is 21.2 Å². The zero-order valence-electron chi connectivity index (χ0n) is 20.2. The Balaban J connectivity index is 1.86. The standard InChI is InChI=1S/C26H29N3O5S/c1-5-21-8-6-7-9-23(21)29(35(31,32)22-13-10-19(2)11-14-22)18-26(30)28-27-17-20-12-15-24(33-3)25(16-20)34-4/h6-17H,5,18H2,1-4H3,(H,28,30)/b27-17-. The SMILES string of the molecule is CCc1ccccc1N(CC(=O)N/N=C\c1ccc(OC)c(OC)c1)S(=O)(=O)c1ccc(C)cc1. The minimum Gasteiger partial charge on any atom is -0.493 e. The predicted molar refractivity (Wildman–Crippen MR) is 137 cm³/mol. The Labute approximate surface area is 206 Å². The number of rotatable bonds is 10. The van der Waals surface area contributed by atoms with Crippen molar-refractivity contribution in [1.82, 2.24) is 5.43 Å². The summed E-state index contributed by atoms with van der Waals surface area (Å²) in [5.41, 5.74) is 5.29. The van der Waals surface area contributed by atoms with Gasteiger partial charge in [0.15, 0.2) is 11.5 Å². The monoisotopic (exact) mass is 495 g/mol. The van der Waals surface area contributed by atoms with Crippen LogP contribution in [0.15, 0.2) is 76.7 Å². The number of benzene rings is 3. The van der Waals surface area contributed by atoms with E-state index >= 15 is 0 Å². The summed E-state index contributed by atoms with van der Waals surface area (Å²) in [5.74, 6) is 0.512. The number of carbonyl (C=O) groups excluding carboxylic acids is 1. The molecule has 3 aromatic carbocycles. The number of sulfonamides is 1. The second-order valence-corrected chi connectivity index (χ2v) is 9.58. The van der Waals surface area contributed by atoms with E-state index in [1.807, 2.05) is 26.0 Å². The Hall–Kier alpha value is -3.85. The first-order valence-electron chi connectivity index (χ1n) is 11.0. The molecule has 184 valence electrons. The molecule has 9 heteroatoms. The van der Waals surface area contributed by atoms with Gasteiger partial charge in [-0.1, -0.05) is 42.8 Å². The third-order valence-electron chi connectivity index (χ3n) is 5.35. The van der Waals surface area contributed by atoms with Crippen LogP contribution < -0.4 is 19.2 Å². The fourth-order valence-electron chi connectivity index (χ4n) is 3.47. The summed E-state index contributed by atoms with van der Waals surface area (Å²) in [6.07, 6.45) is 2.05. The van der Waals surface area contributed by atoms with Gasteiger partial charge in [-0.15, -0.1) is 0 Å². The van der Waals surface area contributed by atoms with Gasteiger partial charge in [0.05, 0.1) is 31.0 Å². The summed E-state index contributed by atoms with van der Waals surface area (Å²) in [6, 6.07) is 18.9. The third kappa shape index (κ3) is 6.19. The van der Waals surface area contributed by atoms with Crippen LogP contribution in [0.25, 0.3) is 0 Å². The van der Waals surface area contributed by atoms with E-state index in [0.29, 0.717) is 29.2 Å². The van der Waals surface area contributed by atoms with Crippen molar-refractivity contribution in [3.05, 3.63) is 83.4 Å². The highest BCUT2D eigenvalue weighted by Crippen LogP contribution is 2.28. The molecule has 35 heavy (non-hydrogen) atoms. The molecule has 0 aliphatic heterocycles. The summed E-state index contributed by atoms with van der Waals surface area (Å²) in [7, 11) is -0.936. The second-order valence-electron chi connectivity index (χ2n) is 7.71. The van der Waals surface area contributed by atoms with Crippen LogP contribution in [0.3, 0.4) is 0 Å². The number of para-hydroxylation sites is 1. The van der Waals surface area contributed by atoms with Gasteiger partial charge in [-0.3, -0.25) is 9.10 Å². The van der Waals surface area contributed by atoms with Gasteiger partial charge in [-0.2, -0.15) is 5.10 Å². The van der Waals surface area contributed by atoms with Crippen LogP contribution >= 0.6 is 0 Å². The van der Waals surface area contributed by atoms with Gasteiger partial charge in [0, 0.05) is 0 Å². The molecule has 0 spiro atoms. The van der Waals surface area contributed by atoms with Gasteiger partial charge >= 0.3 is 0 Å². The van der Waals surface area contributed by atoms with Crippen molar-refractivity contribution in [3.63, 3.8) is 0 Å². The first-order chi connectivity index (χ1) is 16.8. The average Bonchev–Trinajstić information content (AvgIpc) is 2.87. The number of nitrogens with one attached hydrogen (secondary N) is 1. The number of anilines is 1. The fourth-order valence-corrected chi connectivity index (χ4v) is 4.93. The molecule has 0 heterocycles. The molecule has 0 atom stereocenters. The quantitative estimate of drug-likeness (QED) is 0.340. The molecule has 0 fully saturated rings. The number of hydrogen-bond acceptors (Lipinski definition) is 6. The normalized spacial score (nSPS) is 11.3. The highest BCUT2D eigenvalue weighted by atomic mass is 32.2. The average molecular weight is 496 g/mol. The lowest BCUT2D eigenvalue weighted by molar-refractivity contribution is -0.119. The van der Waals surface area contributed by atoms with E-state index in [4.69, 9.17) is 9.47 Å². The molecule has 8 nitrogen and oxygen atoms in total. The molecule has 1 amide bonds. The molecule has 0 aliphatic rings. The molecule has 0 saturated heterocycles. The Morgan fingerprint density at radius 2 is 1.69 bits per heavy atom. The van der Waals surface area contributed by atoms with Crippen molar-refractivity contribution in [2.24, 2.45) is 5.10 Å². The lowest BCUT2D eigenvalue weighted by Gasteiger charge is -2.25. The molecular weight excluding hydrogens is 466 g/mol. The number of hydrazone groups is 1. The highest BCUT2D eigenvalue weighted by molar-refractivity contribution is 7.92. The van der Waals surface area contributed by atoms with Crippen LogP contribution in [0.1, 0.15) is 23.6 Å². The maximum absolute atomic E-state index is 13.6. The second kappa shape index (κ2) is 11.5. The lowest BCUT2D eigenvalue weighted by atomic mass is 10.1. The van der Waals surface area contributed by atoms with E-state index in [2.05, 4.69) is 10.5 Å². The van der Waals surface area contributed by atoms with Crippen LogP contribution in [0.4, 0.5) is 5.69 Å². The van der Waals surface area contributed by atoms with E-state index in [0.717, 1.165) is 15.4 Å². The number of ether oxygens (including phenoxy) is 2. The van der Waals surface area contributed by atoms with Crippen molar-refractivity contribution in [2.75, 3.05) is 25.1 Å². The van der Waals surface area contributed by atoms with E-state index in [-0.39, 0.29) is 4.90 Å². The van der Waals surface area contributed by atoms with Gasteiger partial charge in [-0.25, -0.2) is 13.8 Å². The van der Waals surface area contributed by atoms with Crippen LogP contribution in [-0.4, -0.2) is 41.3 Å². The number of hydrogen-bond donors (Lipinski definition) is 1. The first kappa shape index (κ1) is 25.8. The minimum atomic E-state index is -4.00. The van der Waals surface area contributed by atoms with Gasteiger partial charge in [0.2, 0.25) is 0 Å². The number of carbonyl (C=O) groups is 1. The third-order valence-corrected chi connectivity index (χ3v) is 7.12. The first-order valence-corrected chi connectivity index (χ1v) is 12.5. The molecule has 3 aromatic rings. The molecule has 0 bridgehead atoms. The Morgan fingerprint density at radius 1 is 1.00 bits per heavy atom. The molecular formula is C26H29N3O5S. The largest absolute Gasteiger partial charge is 0.493 e. The molecule has 0 saturated carbocycles. The van der Waals surface area contributed by atoms with E-state index < -0.39 is 22.5 Å². The molecule has 0 aromatic heterocycles. The topological polar surface area (TPSA) is 97.3 Å². The molecule has 1 N–H and O–H groups in total. The summed E-state index contributed by atoms with van der Waals surface area (Å²) in [6.45, 7) is 3.38. The van der Waals surface area contributed by atoms with Gasteiger partial charge in [0.1, 0.15) is 6.54 Å². The highest BCUT2D eigenvalue weighted by Gasteiger charge is 2.28. The molecule has 3 rings (SSSR count). The Bertz CT molecular complexity index is 1300. The Morgan fingerprint density at radius 3 is 2.34 bits per heavy atom. The number of aryl methyl sites for hydroxylation is 2. The summed E-state index contributed by atoms with van der Waals surface area (Å²) < 4.78 is 38.7. The number of methoxy groups -OCH3 is 2. The van der Waals surface area contributed by atoms with E-state index in [1.165, 1.54) is 13.3 Å². The van der Waals surface area contributed by atoms with Gasteiger partial charge in [0.25, 0.3) is 15.9 Å². The van der Waals surface area contributed by atoms with Crippen molar-refractivity contribution in [3.8, 4) is 11.5 Å². The number of nitrogens with zero attached hydrogens (tertiary/aromatic N) is 2. The van der Waals surface area contributed by atoms with Crippen molar-refractivity contribution in [1.29, 1.82) is 0 Å². The van der Waals surface area contributed by atoms with Crippen LogP contribution in [0, 0.1) is 6.92 Å². The van der Waals surface area contributed by atoms with Crippen LogP contribution in [0.5, 0.6) is 11.5 Å².